The van der Waals surface area contributed by atoms with E-state index in [1.807, 2.05) is 49.6 Å². The molecule has 5 nitrogen and oxygen atoms in total. The summed E-state index contributed by atoms with van der Waals surface area (Å²) >= 11 is 1.48. The van der Waals surface area contributed by atoms with Crippen LogP contribution in [-0.4, -0.2) is 17.9 Å². The number of aryl methyl sites for hydroxylation is 1. The topological polar surface area (TPSA) is 62.6 Å². The Morgan fingerprint density at radius 3 is 2.57 bits per heavy atom. The predicted molar refractivity (Wildman–Crippen MR) is 119 cm³/mol. The van der Waals surface area contributed by atoms with Gasteiger partial charge in [-0.05, 0) is 67.5 Å². The van der Waals surface area contributed by atoms with Crippen LogP contribution >= 0.6 is 11.3 Å². The van der Waals surface area contributed by atoms with Crippen molar-refractivity contribution in [2.24, 2.45) is 0 Å². The number of amides is 2. The molecule has 0 radical (unpaired) electrons. The third-order valence-electron chi connectivity index (χ3n) is 5.81. The minimum Gasteiger partial charge on any atom is -0.459 e. The van der Waals surface area contributed by atoms with Crippen molar-refractivity contribution in [2.75, 3.05) is 4.90 Å². The molecule has 2 amide bonds. The second-order valence-corrected chi connectivity index (χ2v) is 8.76. The SMILES string of the molecule is Cc1cccc(N(C(=O)c2ccco2)C(C(=O)NC2CCCC2)c2cccs2)c1C. The average Bonchev–Trinajstić information content (AvgIpc) is 3.51. The Hall–Kier alpha value is -2.86. The zero-order valence-corrected chi connectivity index (χ0v) is 18.1. The second-order valence-electron chi connectivity index (χ2n) is 7.78. The molecule has 30 heavy (non-hydrogen) atoms. The first-order chi connectivity index (χ1) is 14.6. The van der Waals surface area contributed by atoms with Gasteiger partial charge in [0.1, 0.15) is 0 Å². The third-order valence-corrected chi connectivity index (χ3v) is 6.73. The molecule has 0 spiro atoms. The number of anilines is 1. The Morgan fingerprint density at radius 1 is 1.10 bits per heavy atom. The van der Waals surface area contributed by atoms with Crippen molar-refractivity contribution in [1.82, 2.24) is 5.32 Å². The molecule has 2 heterocycles. The molecule has 0 saturated heterocycles. The van der Waals surface area contributed by atoms with Gasteiger partial charge in [-0.25, -0.2) is 0 Å². The maximum atomic E-state index is 13.6. The van der Waals surface area contributed by atoms with Crippen molar-refractivity contribution in [2.45, 2.75) is 51.6 Å². The van der Waals surface area contributed by atoms with Crippen molar-refractivity contribution in [3.63, 3.8) is 0 Å². The molecule has 1 atom stereocenters. The van der Waals surface area contributed by atoms with Crippen LogP contribution in [0.4, 0.5) is 5.69 Å². The summed E-state index contributed by atoms with van der Waals surface area (Å²) in [7, 11) is 0. The summed E-state index contributed by atoms with van der Waals surface area (Å²) in [5, 5.41) is 5.13. The quantitative estimate of drug-likeness (QED) is 0.578. The first-order valence-corrected chi connectivity index (χ1v) is 11.2. The fourth-order valence-corrected chi connectivity index (χ4v) is 4.86. The lowest BCUT2D eigenvalue weighted by Gasteiger charge is -2.32. The average molecular weight is 423 g/mol. The summed E-state index contributed by atoms with van der Waals surface area (Å²) in [6.07, 6.45) is 5.70. The summed E-state index contributed by atoms with van der Waals surface area (Å²) in [5.41, 5.74) is 2.75. The molecular formula is C24H26N2O3S. The second kappa shape index (κ2) is 8.88. The third kappa shape index (κ3) is 4.05. The fraction of sp³-hybridized carbons (Fsp3) is 0.333. The zero-order valence-electron chi connectivity index (χ0n) is 17.3. The summed E-state index contributed by atoms with van der Waals surface area (Å²) in [6, 6.07) is 12.4. The van der Waals surface area contributed by atoms with Crippen molar-refractivity contribution in [3.8, 4) is 0 Å². The summed E-state index contributed by atoms with van der Waals surface area (Å²) < 4.78 is 5.43. The van der Waals surface area contributed by atoms with E-state index in [2.05, 4.69) is 5.32 Å². The van der Waals surface area contributed by atoms with Gasteiger partial charge < -0.3 is 9.73 Å². The number of nitrogens with zero attached hydrogens (tertiary/aromatic N) is 1. The van der Waals surface area contributed by atoms with Gasteiger partial charge >= 0.3 is 0 Å². The summed E-state index contributed by atoms with van der Waals surface area (Å²) in [4.78, 5) is 29.6. The Bertz CT molecular complexity index is 1010. The van der Waals surface area contributed by atoms with E-state index >= 15 is 0 Å². The number of benzene rings is 1. The molecule has 1 saturated carbocycles. The highest BCUT2D eigenvalue weighted by molar-refractivity contribution is 7.10. The van der Waals surface area contributed by atoms with Gasteiger partial charge in [0.05, 0.1) is 6.26 Å². The van der Waals surface area contributed by atoms with Crippen LogP contribution in [0.1, 0.15) is 58.3 Å². The lowest BCUT2D eigenvalue weighted by Crippen LogP contribution is -2.46. The molecule has 3 aromatic rings. The largest absolute Gasteiger partial charge is 0.459 e. The van der Waals surface area contributed by atoms with Gasteiger partial charge in [0.25, 0.3) is 5.91 Å². The first-order valence-electron chi connectivity index (χ1n) is 10.3. The molecule has 1 aliphatic rings. The van der Waals surface area contributed by atoms with E-state index in [4.69, 9.17) is 4.42 Å². The van der Waals surface area contributed by atoms with Gasteiger partial charge in [-0.1, -0.05) is 31.0 Å². The first kappa shape index (κ1) is 20.4. The minimum atomic E-state index is -0.760. The molecule has 1 aromatic carbocycles. The van der Waals surface area contributed by atoms with E-state index in [0.717, 1.165) is 47.4 Å². The Labute approximate surface area is 180 Å². The fourth-order valence-electron chi connectivity index (χ4n) is 4.05. The number of hydrogen-bond donors (Lipinski definition) is 1. The van der Waals surface area contributed by atoms with Gasteiger partial charge in [-0.15, -0.1) is 11.3 Å². The molecule has 4 rings (SSSR count). The van der Waals surface area contributed by atoms with E-state index in [9.17, 15) is 9.59 Å². The molecule has 1 fully saturated rings. The number of nitrogens with one attached hydrogen (secondary N) is 1. The van der Waals surface area contributed by atoms with Crippen LogP contribution in [0.5, 0.6) is 0 Å². The maximum absolute atomic E-state index is 13.6. The number of thiophene rings is 1. The molecule has 1 N–H and O–H groups in total. The van der Waals surface area contributed by atoms with Crippen molar-refractivity contribution in [3.05, 3.63) is 75.9 Å². The Kier molecular flexibility index (Phi) is 6.04. The van der Waals surface area contributed by atoms with E-state index in [-0.39, 0.29) is 23.6 Å². The summed E-state index contributed by atoms with van der Waals surface area (Å²) in [6.45, 7) is 3.99. The number of rotatable bonds is 6. The van der Waals surface area contributed by atoms with Crippen molar-refractivity contribution in [1.29, 1.82) is 0 Å². The van der Waals surface area contributed by atoms with Crippen molar-refractivity contribution < 1.29 is 14.0 Å². The number of carbonyl (C=O) groups excluding carboxylic acids is 2. The van der Waals surface area contributed by atoms with Gasteiger partial charge in [-0.3, -0.25) is 14.5 Å². The van der Waals surface area contributed by atoms with Gasteiger partial charge in [0.2, 0.25) is 5.91 Å². The normalized spacial score (nSPS) is 15.1. The van der Waals surface area contributed by atoms with Crippen LogP contribution in [0.15, 0.2) is 58.5 Å². The minimum absolute atomic E-state index is 0.148. The molecule has 156 valence electrons. The Morgan fingerprint density at radius 2 is 1.90 bits per heavy atom. The molecule has 0 bridgehead atoms. The number of hydrogen-bond acceptors (Lipinski definition) is 4. The van der Waals surface area contributed by atoms with E-state index in [1.54, 1.807) is 17.0 Å². The molecular weight excluding hydrogens is 396 g/mol. The summed E-state index contributed by atoms with van der Waals surface area (Å²) in [5.74, 6) is -0.259. The smallest absolute Gasteiger partial charge is 0.295 e. The van der Waals surface area contributed by atoms with Crippen LogP contribution in [0, 0.1) is 13.8 Å². The van der Waals surface area contributed by atoms with Crippen LogP contribution < -0.4 is 10.2 Å². The maximum Gasteiger partial charge on any atom is 0.295 e. The Balaban J connectivity index is 1.81. The number of furan rings is 1. The van der Waals surface area contributed by atoms with Crippen LogP contribution in [0.3, 0.4) is 0 Å². The molecule has 0 aliphatic heterocycles. The molecule has 6 heteroatoms. The number of carbonyl (C=O) groups is 2. The predicted octanol–water partition coefficient (Wildman–Crippen LogP) is 5.40. The van der Waals surface area contributed by atoms with E-state index < -0.39 is 6.04 Å². The van der Waals surface area contributed by atoms with Crippen LogP contribution in [0.25, 0.3) is 0 Å². The van der Waals surface area contributed by atoms with Crippen LogP contribution in [-0.2, 0) is 4.79 Å². The highest BCUT2D eigenvalue weighted by atomic mass is 32.1. The lowest BCUT2D eigenvalue weighted by molar-refractivity contribution is -0.123. The monoisotopic (exact) mass is 422 g/mol. The highest BCUT2D eigenvalue weighted by Crippen LogP contribution is 2.35. The van der Waals surface area contributed by atoms with E-state index in [1.165, 1.54) is 17.6 Å². The van der Waals surface area contributed by atoms with E-state index in [0.29, 0.717) is 0 Å². The van der Waals surface area contributed by atoms with Gasteiger partial charge in [0, 0.05) is 16.6 Å². The lowest BCUT2D eigenvalue weighted by atomic mass is 10.0. The standard InChI is InChI=1S/C24H26N2O3S/c1-16-8-5-11-19(17(16)2)26(24(28)20-12-6-14-29-20)22(21-13-7-15-30-21)23(27)25-18-9-3-4-10-18/h5-8,11-15,18,22H,3-4,9-10H2,1-2H3,(H,25,27). The molecule has 2 aromatic heterocycles. The van der Waals surface area contributed by atoms with Gasteiger partial charge in [0.15, 0.2) is 11.8 Å². The molecule has 1 unspecified atom stereocenters. The van der Waals surface area contributed by atoms with Gasteiger partial charge in [-0.2, -0.15) is 0 Å². The van der Waals surface area contributed by atoms with Crippen molar-refractivity contribution >= 4 is 28.8 Å². The highest BCUT2D eigenvalue weighted by Gasteiger charge is 2.37. The zero-order chi connectivity index (χ0) is 21.1. The molecule has 1 aliphatic carbocycles. The van der Waals surface area contributed by atoms with Crippen LogP contribution in [0.2, 0.25) is 0 Å².